The summed E-state index contributed by atoms with van der Waals surface area (Å²) in [6.07, 6.45) is 0.670. The average Bonchev–Trinajstić information content (AvgIpc) is 2.46. The highest BCUT2D eigenvalue weighted by atomic mass is 32.2. The van der Waals surface area contributed by atoms with Gasteiger partial charge >= 0.3 is 0 Å². The third-order valence-corrected chi connectivity index (χ3v) is 5.52. The molecule has 0 heterocycles. The summed E-state index contributed by atoms with van der Waals surface area (Å²) in [6.45, 7) is 5.78. The Balaban J connectivity index is 3.38. The Labute approximate surface area is 125 Å². The van der Waals surface area contributed by atoms with Crippen LogP contribution in [0.25, 0.3) is 0 Å². The smallest absolute Gasteiger partial charge is 0.293 e. The lowest BCUT2D eigenvalue weighted by Crippen LogP contribution is -2.38. The van der Waals surface area contributed by atoms with Crippen molar-refractivity contribution in [1.82, 2.24) is 4.31 Å². The summed E-state index contributed by atoms with van der Waals surface area (Å²) >= 11 is 0. The molecule has 0 spiro atoms. The van der Waals surface area contributed by atoms with Gasteiger partial charge in [0.05, 0.1) is 9.82 Å². The molecule has 0 bridgehead atoms. The normalized spacial score (nSPS) is 13.2. The van der Waals surface area contributed by atoms with Crippen molar-refractivity contribution in [3.8, 4) is 0 Å². The number of rotatable bonds is 7. The van der Waals surface area contributed by atoms with Gasteiger partial charge in [-0.2, -0.15) is 4.31 Å². The van der Waals surface area contributed by atoms with Crippen LogP contribution in [0.5, 0.6) is 0 Å². The fraction of sp³-hybridized carbons (Fsp3) is 0.538. The van der Waals surface area contributed by atoms with Crippen molar-refractivity contribution >= 4 is 21.4 Å². The molecule has 118 valence electrons. The molecule has 1 unspecified atom stereocenters. The van der Waals surface area contributed by atoms with Crippen LogP contribution in [0.3, 0.4) is 0 Å². The van der Waals surface area contributed by atoms with E-state index in [1.54, 1.807) is 14.0 Å². The lowest BCUT2D eigenvalue weighted by molar-refractivity contribution is -0.384. The minimum Gasteiger partial charge on any atom is -0.383 e. The maximum absolute atomic E-state index is 12.6. The van der Waals surface area contributed by atoms with Crippen molar-refractivity contribution < 1.29 is 13.3 Å². The molecule has 0 saturated carbocycles. The second-order valence-electron chi connectivity index (χ2n) is 4.65. The number of benzene rings is 1. The van der Waals surface area contributed by atoms with Crippen LogP contribution in [0.4, 0.5) is 11.4 Å². The number of hydrogen-bond donors (Lipinski definition) is 1. The second-order valence-corrected chi connectivity index (χ2v) is 6.54. The number of nitro benzene ring substituents is 1. The Morgan fingerprint density at radius 2 is 2.00 bits per heavy atom. The number of nitrogens with zero attached hydrogens (tertiary/aromatic N) is 2. The fourth-order valence-electron chi connectivity index (χ4n) is 2.09. The molecule has 21 heavy (non-hydrogen) atoms. The van der Waals surface area contributed by atoms with Crippen LogP contribution in [-0.2, 0) is 10.0 Å². The van der Waals surface area contributed by atoms with Gasteiger partial charge in [0.1, 0.15) is 5.69 Å². The first-order valence-electron chi connectivity index (χ1n) is 6.77. The zero-order valence-corrected chi connectivity index (χ0v) is 13.5. The first-order chi connectivity index (χ1) is 9.79. The molecule has 1 rings (SSSR count). The van der Waals surface area contributed by atoms with E-state index >= 15 is 0 Å². The molecule has 7 nitrogen and oxygen atoms in total. The minimum atomic E-state index is -3.74. The zero-order chi connectivity index (χ0) is 16.2. The van der Waals surface area contributed by atoms with Gasteiger partial charge in [0, 0.05) is 25.7 Å². The molecule has 1 aromatic carbocycles. The maximum Gasteiger partial charge on any atom is 0.293 e. The number of nitro groups is 1. The molecule has 0 aliphatic rings. The Morgan fingerprint density at radius 1 is 1.38 bits per heavy atom. The van der Waals surface area contributed by atoms with E-state index < -0.39 is 14.9 Å². The topological polar surface area (TPSA) is 92.6 Å². The Morgan fingerprint density at radius 3 is 2.43 bits per heavy atom. The SMILES string of the molecule is CCC(C)N(CC)S(=O)(=O)c1ccc(NC)c([N+](=O)[O-])c1. The van der Waals surface area contributed by atoms with Gasteiger partial charge in [-0.05, 0) is 25.5 Å². The standard InChI is InChI=1S/C13H21N3O4S/c1-5-10(3)15(6-2)21(19,20)11-7-8-12(14-4)13(9-11)16(17)18/h7-10,14H,5-6H2,1-4H3. The Bertz CT molecular complexity index is 616. The zero-order valence-electron chi connectivity index (χ0n) is 12.7. The summed E-state index contributed by atoms with van der Waals surface area (Å²) in [4.78, 5) is 10.4. The van der Waals surface area contributed by atoms with Crippen LogP contribution in [0.15, 0.2) is 23.1 Å². The molecule has 0 aliphatic heterocycles. The second kappa shape index (κ2) is 6.86. The van der Waals surface area contributed by atoms with Gasteiger partial charge in [0.15, 0.2) is 0 Å². The molecule has 1 N–H and O–H groups in total. The molecule has 0 radical (unpaired) electrons. The maximum atomic E-state index is 12.6. The van der Waals surface area contributed by atoms with Crippen molar-refractivity contribution in [2.24, 2.45) is 0 Å². The van der Waals surface area contributed by atoms with Crippen LogP contribution in [0.1, 0.15) is 27.2 Å². The molecule has 8 heteroatoms. The van der Waals surface area contributed by atoms with Crippen molar-refractivity contribution in [3.05, 3.63) is 28.3 Å². The molecule has 0 aliphatic carbocycles. The van der Waals surface area contributed by atoms with Gasteiger partial charge in [0.2, 0.25) is 10.0 Å². The number of sulfonamides is 1. The van der Waals surface area contributed by atoms with Gasteiger partial charge in [-0.25, -0.2) is 8.42 Å². The molecule has 1 aromatic rings. The lowest BCUT2D eigenvalue weighted by Gasteiger charge is -2.26. The van der Waals surface area contributed by atoms with E-state index in [0.717, 1.165) is 6.07 Å². The van der Waals surface area contributed by atoms with Crippen LogP contribution in [0, 0.1) is 10.1 Å². The first-order valence-corrected chi connectivity index (χ1v) is 8.21. The van der Waals surface area contributed by atoms with E-state index in [0.29, 0.717) is 13.0 Å². The van der Waals surface area contributed by atoms with E-state index in [4.69, 9.17) is 0 Å². The average molecular weight is 315 g/mol. The largest absolute Gasteiger partial charge is 0.383 e. The van der Waals surface area contributed by atoms with Crippen molar-refractivity contribution in [2.45, 2.75) is 38.1 Å². The minimum absolute atomic E-state index is 0.0599. The van der Waals surface area contributed by atoms with Gasteiger partial charge in [0.25, 0.3) is 5.69 Å². The molecular formula is C13H21N3O4S. The number of nitrogens with one attached hydrogen (secondary N) is 1. The quantitative estimate of drug-likeness (QED) is 0.616. The van der Waals surface area contributed by atoms with E-state index in [1.165, 1.54) is 16.4 Å². The van der Waals surface area contributed by atoms with E-state index in [-0.39, 0.29) is 22.3 Å². The molecule has 0 amide bonds. The predicted molar refractivity (Wildman–Crippen MR) is 82.0 cm³/mol. The Hall–Kier alpha value is -1.67. The number of hydrogen-bond acceptors (Lipinski definition) is 5. The summed E-state index contributed by atoms with van der Waals surface area (Å²) in [5.41, 5.74) is 0.0318. The van der Waals surface area contributed by atoms with E-state index in [1.807, 2.05) is 13.8 Å². The van der Waals surface area contributed by atoms with Gasteiger partial charge in [-0.15, -0.1) is 0 Å². The highest BCUT2D eigenvalue weighted by Gasteiger charge is 2.29. The highest BCUT2D eigenvalue weighted by molar-refractivity contribution is 7.89. The monoisotopic (exact) mass is 315 g/mol. The molecular weight excluding hydrogens is 294 g/mol. The van der Waals surface area contributed by atoms with Gasteiger partial charge in [-0.1, -0.05) is 13.8 Å². The van der Waals surface area contributed by atoms with Crippen molar-refractivity contribution in [3.63, 3.8) is 0 Å². The van der Waals surface area contributed by atoms with Crippen molar-refractivity contribution in [1.29, 1.82) is 0 Å². The molecule has 0 fully saturated rings. The molecule has 0 aromatic heterocycles. The van der Waals surface area contributed by atoms with Crippen molar-refractivity contribution in [2.75, 3.05) is 18.9 Å². The fourth-order valence-corrected chi connectivity index (χ4v) is 3.83. The van der Waals surface area contributed by atoms with E-state index in [2.05, 4.69) is 5.32 Å². The van der Waals surface area contributed by atoms with Crippen LogP contribution < -0.4 is 5.32 Å². The predicted octanol–water partition coefficient (Wildman–Crippen LogP) is 2.45. The van der Waals surface area contributed by atoms with E-state index in [9.17, 15) is 18.5 Å². The van der Waals surface area contributed by atoms with Crippen LogP contribution in [-0.4, -0.2) is 37.3 Å². The summed E-state index contributed by atoms with van der Waals surface area (Å²) in [7, 11) is -2.19. The summed E-state index contributed by atoms with van der Waals surface area (Å²) in [6, 6.07) is 3.74. The van der Waals surface area contributed by atoms with Crippen LogP contribution >= 0.6 is 0 Å². The Kier molecular flexibility index (Phi) is 5.68. The molecule has 1 atom stereocenters. The highest BCUT2D eigenvalue weighted by Crippen LogP contribution is 2.29. The number of anilines is 1. The third kappa shape index (κ3) is 3.51. The summed E-state index contributed by atoms with van der Waals surface area (Å²) in [5, 5.41) is 13.7. The summed E-state index contributed by atoms with van der Waals surface area (Å²) < 4.78 is 26.6. The van der Waals surface area contributed by atoms with Crippen LogP contribution in [0.2, 0.25) is 0 Å². The van der Waals surface area contributed by atoms with Gasteiger partial charge < -0.3 is 5.32 Å². The summed E-state index contributed by atoms with van der Waals surface area (Å²) in [5.74, 6) is 0. The lowest BCUT2D eigenvalue weighted by atomic mass is 10.2. The molecule has 0 saturated heterocycles. The third-order valence-electron chi connectivity index (χ3n) is 3.44. The first kappa shape index (κ1) is 17.4. The van der Waals surface area contributed by atoms with Gasteiger partial charge in [-0.3, -0.25) is 10.1 Å².